The molecule has 1 aromatic carbocycles. The quantitative estimate of drug-likeness (QED) is 0.840. The Labute approximate surface area is 136 Å². The van der Waals surface area contributed by atoms with Crippen LogP contribution < -0.4 is 5.32 Å². The van der Waals surface area contributed by atoms with Crippen molar-refractivity contribution >= 4 is 17.2 Å². The van der Waals surface area contributed by atoms with Crippen LogP contribution in [0.3, 0.4) is 0 Å². The van der Waals surface area contributed by atoms with Gasteiger partial charge >= 0.3 is 0 Å². The summed E-state index contributed by atoms with van der Waals surface area (Å²) in [6, 6.07) is 10.4. The number of amides is 1. The average Bonchev–Trinajstić information content (AvgIpc) is 3.01. The average molecular weight is 316 g/mol. The molecule has 0 fully saturated rings. The Morgan fingerprint density at radius 2 is 2.05 bits per heavy atom. The molecule has 1 heterocycles. The summed E-state index contributed by atoms with van der Waals surface area (Å²) in [5, 5.41) is 6.22. The molecule has 2 rings (SSSR count). The van der Waals surface area contributed by atoms with Crippen molar-refractivity contribution in [1.82, 2.24) is 10.3 Å². The molecular weight excluding hydrogens is 292 g/mol. The molecule has 2 aromatic rings. The monoisotopic (exact) mass is 316 g/mol. The molecule has 1 N–H and O–H groups in total. The number of carbonyl (C=O) groups is 1. The molecule has 0 saturated carbocycles. The van der Waals surface area contributed by atoms with E-state index in [0.29, 0.717) is 6.42 Å². The lowest BCUT2D eigenvalue weighted by molar-refractivity contribution is -0.122. The van der Waals surface area contributed by atoms with Crippen LogP contribution >= 0.6 is 11.3 Å². The van der Waals surface area contributed by atoms with Crippen molar-refractivity contribution in [3.05, 3.63) is 52.5 Å². The van der Waals surface area contributed by atoms with E-state index in [-0.39, 0.29) is 17.4 Å². The van der Waals surface area contributed by atoms with E-state index in [1.807, 2.05) is 29.8 Å². The minimum atomic E-state index is -0.0910. The van der Waals surface area contributed by atoms with Gasteiger partial charge in [0, 0.05) is 29.5 Å². The first kappa shape index (κ1) is 16.7. The number of nitrogens with one attached hydrogen (secondary N) is 1. The molecule has 0 aliphatic carbocycles. The van der Waals surface area contributed by atoms with Crippen LogP contribution in [0.25, 0.3) is 0 Å². The molecule has 1 aromatic heterocycles. The van der Waals surface area contributed by atoms with E-state index >= 15 is 0 Å². The topological polar surface area (TPSA) is 42.0 Å². The first-order chi connectivity index (χ1) is 10.5. The summed E-state index contributed by atoms with van der Waals surface area (Å²) < 4.78 is 0. The van der Waals surface area contributed by atoms with Gasteiger partial charge in [0.05, 0.1) is 5.01 Å². The highest BCUT2D eigenvalue weighted by Gasteiger charge is 2.28. The molecule has 22 heavy (non-hydrogen) atoms. The van der Waals surface area contributed by atoms with Crippen LogP contribution in [0.5, 0.6) is 0 Å². The Morgan fingerprint density at radius 3 is 2.68 bits per heavy atom. The Morgan fingerprint density at radius 1 is 1.32 bits per heavy atom. The van der Waals surface area contributed by atoms with Gasteiger partial charge in [-0.1, -0.05) is 44.2 Å². The van der Waals surface area contributed by atoms with E-state index < -0.39 is 0 Å². The summed E-state index contributed by atoms with van der Waals surface area (Å²) in [6.07, 6.45) is 4.08. The smallest absolute Gasteiger partial charge is 0.220 e. The van der Waals surface area contributed by atoms with E-state index in [1.54, 1.807) is 11.3 Å². The minimum Gasteiger partial charge on any atom is -0.353 e. The van der Waals surface area contributed by atoms with Crippen molar-refractivity contribution in [2.45, 2.75) is 51.5 Å². The third kappa shape index (κ3) is 4.41. The zero-order chi connectivity index (χ0) is 16.0. The second kappa shape index (κ2) is 7.54. The van der Waals surface area contributed by atoms with E-state index in [4.69, 9.17) is 0 Å². The zero-order valence-corrected chi connectivity index (χ0v) is 14.3. The van der Waals surface area contributed by atoms with Crippen molar-refractivity contribution in [1.29, 1.82) is 0 Å². The second-order valence-corrected chi connectivity index (χ2v) is 7.14. The molecule has 118 valence electrons. The molecule has 0 aliphatic rings. The minimum absolute atomic E-state index is 0.0854. The molecule has 0 saturated heterocycles. The lowest BCUT2D eigenvalue weighted by Gasteiger charge is -2.33. The number of carbonyl (C=O) groups excluding carboxylic acids is 1. The van der Waals surface area contributed by atoms with Crippen LogP contribution in [0.15, 0.2) is 41.9 Å². The fraction of sp³-hybridized carbons (Fsp3) is 0.444. The third-order valence-electron chi connectivity index (χ3n) is 4.26. The van der Waals surface area contributed by atoms with Gasteiger partial charge in [-0.15, -0.1) is 11.3 Å². The van der Waals surface area contributed by atoms with E-state index in [1.165, 1.54) is 5.56 Å². The molecular formula is C18H24N2OS. The number of aryl methyl sites for hydroxylation is 1. The van der Waals surface area contributed by atoms with Crippen molar-refractivity contribution in [3.63, 3.8) is 0 Å². The number of thiazole rings is 1. The normalized spacial score (nSPS) is 12.9. The molecule has 4 heteroatoms. The summed E-state index contributed by atoms with van der Waals surface area (Å²) in [5.74, 6) is 0.119. The molecule has 0 radical (unpaired) electrons. The van der Waals surface area contributed by atoms with E-state index in [9.17, 15) is 4.79 Å². The lowest BCUT2D eigenvalue weighted by Crippen LogP contribution is -2.45. The molecule has 0 spiro atoms. The maximum Gasteiger partial charge on any atom is 0.220 e. The summed E-state index contributed by atoms with van der Waals surface area (Å²) in [4.78, 5) is 16.4. The number of hydrogen-bond acceptors (Lipinski definition) is 3. The zero-order valence-electron chi connectivity index (χ0n) is 13.5. The highest BCUT2D eigenvalue weighted by Crippen LogP contribution is 2.26. The maximum absolute atomic E-state index is 12.1. The SMILES string of the molecule is CC(NC(=O)CCCc1nccs1)C(C)(C)c1ccccc1. The largest absolute Gasteiger partial charge is 0.353 e. The number of rotatable bonds is 7. The van der Waals surface area contributed by atoms with Crippen LogP contribution in [0.1, 0.15) is 44.2 Å². The fourth-order valence-corrected chi connectivity index (χ4v) is 3.05. The van der Waals surface area contributed by atoms with E-state index in [0.717, 1.165) is 17.8 Å². The van der Waals surface area contributed by atoms with Crippen molar-refractivity contribution in [2.75, 3.05) is 0 Å². The van der Waals surface area contributed by atoms with Gasteiger partial charge in [-0.3, -0.25) is 4.79 Å². The summed E-state index contributed by atoms with van der Waals surface area (Å²) >= 11 is 1.65. The number of benzene rings is 1. The van der Waals surface area contributed by atoms with Gasteiger partial charge in [0.1, 0.15) is 0 Å². The Hall–Kier alpha value is -1.68. The number of nitrogens with zero attached hydrogens (tertiary/aromatic N) is 1. The third-order valence-corrected chi connectivity index (χ3v) is 5.10. The van der Waals surface area contributed by atoms with Gasteiger partial charge in [0.25, 0.3) is 0 Å². The number of aromatic nitrogens is 1. The van der Waals surface area contributed by atoms with Gasteiger partial charge in [-0.05, 0) is 25.3 Å². The van der Waals surface area contributed by atoms with Crippen LogP contribution in [0.2, 0.25) is 0 Å². The molecule has 1 unspecified atom stereocenters. The highest BCUT2D eigenvalue weighted by molar-refractivity contribution is 7.09. The summed E-state index contributed by atoms with van der Waals surface area (Å²) in [6.45, 7) is 6.41. The van der Waals surface area contributed by atoms with Gasteiger partial charge in [0.2, 0.25) is 5.91 Å². The summed E-state index contributed by atoms with van der Waals surface area (Å²) in [5.41, 5.74) is 1.15. The maximum atomic E-state index is 12.1. The van der Waals surface area contributed by atoms with Gasteiger partial charge in [-0.25, -0.2) is 4.98 Å². The fourth-order valence-electron chi connectivity index (χ4n) is 2.39. The molecule has 1 amide bonds. The Kier molecular flexibility index (Phi) is 5.72. The molecule has 1 atom stereocenters. The van der Waals surface area contributed by atoms with Gasteiger partial charge in [-0.2, -0.15) is 0 Å². The van der Waals surface area contributed by atoms with E-state index in [2.05, 4.69) is 43.2 Å². The predicted molar refractivity (Wildman–Crippen MR) is 92.1 cm³/mol. The van der Waals surface area contributed by atoms with Crippen molar-refractivity contribution < 1.29 is 4.79 Å². The van der Waals surface area contributed by atoms with Gasteiger partial charge < -0.3 is 5.32 Å². The molecule has 0 bridgehead atoms. The van der Waals surface area contributed by atoms with Crippen LogP contribution in [0.4, 0.5) is 0 Å². The van der Waals surface area contributed by atoms with Crippen LogP contribution in [-0.4, -0.2) is 16.9 Å². The Bertz CT molecular complexity index is 578. The summed E-state index contributed by atoms with van der Waals surface area (Å²) in [7, 11) is 0. The first-order valence-electron chi connectivity index (χ1n) is 7.73. The Balaban J connectivity index is 1.82. The predicted octanol–water partition coefficient (Wildman–Crippen LogP) is 3.95. The van der Waals surface area contributed by atoms with Crippen LogP contribution in [-0.2, 0) is 16.6 Å². The second-order valence-electron chi connectivity index (χ2n) is 6.16. The molecule has 0 aliphatic heterocycles. The van der Waals surface area contributed by atoms with Crippen LogP contribution in [0, 0.1) is 0 Å². The standard InChI is InChI=1S/C18H24N2OS/c1-14(18(2,3)15-8-5-4-6-9-15)20-16(21)10-7-11-17-19-12-13-22-17/h4-6,8-9,12-14H,7,10-11H2,1-3H3,(H,20,21). The number of hydrogen-bond donors (Lipinski definition) is 1. The van der Waals surface area contributed by atoms with Gasteiger partial charge in [0.15, 0.2) is 0 Å². The highest BCUT2D eigenvalue weighted by atomic mass is 32.1. The van der Waals surface area contributed by atoms with Crippen molar-refractivity contribution in [2.24, 2.45) is 0 Å². The first-order valence-corrected chi connectivity index (χ1v) is 8.61. The molecule has 3 nitrogen and oxygen atoms in total. The van der Waals surface area contributed by atoms with Crippen molar-refractivity contribution in [3.8, 4) is 0 Å². The lowest BCUT2D eigenvalue weighted by atomic mass is 9.78.